The fourth-order valence-corrected chi connectivity index (χ4v) is 1.44. The lowest BCUT2D eigenvalue weighted by Crippen LogP contribution is -2.24. The lowest BCUT2D eigenvalue weighted by atomic mass is 10.2. The average Bonchev–Trinajstić information content (AvgIpc) is 2.10. The molecule has 0 aliphatic rings. The highest BCUT2D eigenvalue weighted by Gasteiger charge is 2.13. The SMILES string of the molecule is CCNCc1cc(C)nc(OC(C)(C)C)c1. The fraction of sp³-hybridized carbons (Fsp3) is 0.615. The van der Waals surface area contributed by atoms with E-state index in [1.165, 1.54) is 5.56 Å². The predicted molar refractivity (Wildman–Crippen MR) is 66.7 cm³/mol. The maximum Gasteiger partial charge on any atom is 0.214 e. The van der Waals surface area contributed by atoms with Gasteiger partial charge in [-0.1, -0.05) is 6.92 Å². The minimum atomic E-state index is -0.198. The summed E-state index contributed by atoms with van der Waals surface area (Å²) in [5.74, 6) is 0.709. The molecule has 0 unspecified atom stereocenters. The lowest BCUT2D eigenvalue weighted by Gasteiger charge is -2.21. The number of nitrogens with zero attached hydrogens (tertiary/aromatic N) is 1. The molecule has 0 radical (unpaired) electrons. The van der Waals surface area contributed by atoms with Gasteiger partial charge in [0, 0.05) is 18.3 Å². The second-order valence-electron chi connectivity index (χ2n) is 4.95. The summed E-state index contributed by atoms with van der Waals surface area (Å²) in [6.07, 6.45) is 0. The smallest absolute Gasteiger partial charge is 0.214 e. The van der Waals surface area contributed by atoms with Crippen LogP contribution >= 0.6 is 0 Å². The number of aromatic nitrogens is 1. The summed E-state index contributed by atoms with van der Waals surface area (Å²) in [6.45, 7) is 12.0. The van der Waals surface area contributed by atoms with Crippen molar-refractivity contribution in [2.45, 2.75) is 46.8 Å². The molecule has 0 spiro atoms. The molecule has 0 bridgehead atoms. The third kappa shape index (κ3) is 4.62. The molecule has 1 N–H and O–H groups in total. The molecule has 16 heavy (non-hydrogen) atoms. The molecule has 3 nitrogen and oxygen atoms in total. The van der Waals surface area contributed by atoms with Crippen molar-refractivity contribution < 1.29 is 4.74 Å². The van der Waals surface area contributed by atoms with E-state index in [-0.39, 0.29) is 5.60 Å². The largest absolute Gasteiger partial charge is 0.472 e. The van der Waals surface area contributed by atoms with Gasteiger partial charge in [-0.05, 0) is 45.9 Å². The number of hydrogen-bond acceptors (Lipinski definition) is 3. The summed E-state index contributed by atoms with van der Waals surface area (Å²) < 4.78 is 5.76. The molecule has 0 aliphatic carbocycles. The molecule has 0 aromatic carbocycles. The van der Waals surface area contributed by atoms with Crippen molar-refractivity contribution in [3.8, 4) is 5.88 Å². The highest BCUT2D eigenvalue weighted by Crippen LogP contribution is 2.18. The summed E-state index contributed by atoms with van der Waals surface area (Å²) in [5, 5.41) is 3.30. The van der Waals surface area contributed by atoms with E-state index in [2.05, 4.69) is 23.3 Å². The van der Waals surface area contributed by atoms with Crippen LogP contribution in [0.5, 0.6) is 5.88 Å². The Morgan fingerprint density at radius 1 is 1.31 bits per heavy atom. The van der Waals surface area contributed by atoms with E-state index in [4.69, 9.17) is 4.74 Å². The molecular weight excluding hydrogens is 200 g/mol. The fourth-order valence-electron chi connectivity index (χ4n) is 1.44. The number of rotatable bonds is 4. The molecule has 1 aromatic heterocycles. The van der Waals surface area contributed by atoms with Gasteiger partial charge in [0.25, 0.3) is 0 Å². The van der Waals surface area contributed by atoms with Gasteiger partial charge < -0.3 is 10.1 Å². The Labute approximate surface area is 98.2 Å². The molecule has 0 amide bonds. The molecule has 0 atom stereocenters. The number of pyridine rings is 1. The summed E-state index contributed by atoms with van der Waals surface area (Å²) in [7, 11) is 0. The third-order valence-corrected chi connectivity index (χ3v) is 1.98. The molecule has 1 heterocycles. The average molecular weight is 222 g/mol. The highest BCUT2D eigenvalue weighted by atomic mass is 16.5. The van der Waals surface area contributed by atoms with E-state index >= 15 is 0 Å². The van der Waals surface area contributed by atoms with Crippen LogP contribution in [0.15, 0.2) is 12.1 Å². The maximum atomic E-state index is 5.76. The minimum Gasteiger partial charge on any atom is -0.472 e. The van der Waals surface area contributed by atoms with Crippen LogP contribution in [0.4, 0.5) is 0 Å². The van der Waals surface area contributed by atoms with Crippen molar-refractivity contribution in [1.82, 2.24) is 10.3 Å². The molecule has 1 rings (SSSR count). The van der Waals surface area contributed by atoms with Crippen molar-refractivity contribution in [2.75, 3.05) is 6.54 Å². The van der Waals surface area contributed by atoms with Crippen molar-refractivity contribution >= 4 is 0 Å². The molecule has 0 fully saturated rings. The lowest BCUT2D eigenvalue weighted by molar-refractivity contribution is 0.124. The maximum absolute atomic E-state index is 5.76. The van der Waals surface area contributed by atoms with Crippen LogP contribution in [0.3, 0.4) is 0 Å². The van der Waals surface area contributed by atoms with E-state index in [1.54, 1.807) is 0 Å². The standard InChI is InChI=1S/C13H22N2O/c1-6-14-9-11-7-10(2)15-12(8-11)16-13(3,4)5/h7-8,14H,6,9H2,1-5H3. The van der Waals surface area contributed by atoms with Crippen LogP contribution in [0, 0.1) is 6.92 Å². The van der Waals surface area contributed by atoms with Crippen LogP contribution in [-0.4, -0.2) is 17.1 Å². The second kappa shape index (κ2) is 5.30. The van der Waals surface area contributed by atoms with Crippen LogP contribution in [0.25, 0.3) is 0 Å². The normalized spacial score (nSPS) is 11.6. The van der Waals surface area contributed by atoms with E-state index in [0.29, 0.717) is 5.88 Å². The zero-order valence-electron chi connectivity index (χ0n) is 10.9. The molecule has 0 aliphatic heterocycles. The number of ether oxygens (including phenoxy) is 1. The van der Waals surface area contributed by atoms with Gasteiger partial charge in [-0.25, -0.2) is 4.98 Å². The van der Waals surface area contributed by atoms with Crippen molar-refractivity contribution in [1.29, 1.82) is 0 Å². The van der Waals surface area contributed by atoms with E-state index < -0.39 is 0 Å². The van der Waals surface area contributed by atoms with Gasteiger partial charge in [0.1, 0.15) is 5.60 Å². The quantitative estimate of drug-likeness (QED) is 0.850. The van der Waals surface area contributed by atoms with E-state index in [0.717, 1.165) is 18.8 Å². The van der Waals surface area contributed by atoms with Crippen LogP contribution in [0.1, 0.15) is 39.0 Å². The summed E-state index contributed by atoms with van der Waals surface area (Å²) in [5.41, 5.74) is 2.01. The summed E-state index contributed by atoms with van der Waals surface area (Å²) >= 11 is 0. The molecule has 3 heteroatoms. The van der Waals surface area contributed by atoms with Gasteiger partial charge >= 0.3 is 0 Å². The Morgan fingerprint density at radius 2 is 2.00 bits per heavy atom. The minimum absolute atomic E-state index is 0.198. The van der Waals surface area contributed by atoms with Gasteiger partial charge in [-0.2, -0.15) is 0 Å². The van der Waals surface area contributed by atoms with Crippen molar-refractivity contribution in [3.63, 3.8) is 0 Å². The molecule has 90 valence electrons. The number of nitrogens with one attached hydrogen (secondary N) is 1. The Balaban J connectivity index is 2.81. The van der Waals surface area contributed by atoms with Crippen molar-refractivity contribution in [2.24, 2.45) is 0 Å². The van der Waals surface area contributed by atoms with Crippen LogP contribution in [-0.2, 0) is 6.54 Å². The van der Waals surface area contributed by atoms with E-state index in [9.17, 15) is 0 Å². The molecule has 1 aromatic rings. The van der Waals surface area contributed by atoms with Crippen LogP contribution in [0.2, 0.25) is 0 Å². The van der Waals surface area contributed by atoms with Gasteiger partial charge in [0.15, 0.2) is 0 Å². The van der Waals surface area contributed by atoms with Gasteiger partial charge in [0.05, 0.1) is 0 Å². The van der Waals surface area contributed by atoms with E-state index in [1.807, 2.05) is 33.8 Å². The van der Waals surface area contributed by atoms with Crippen LogP contribution < -0.4 is 10.1 Å². The molecular formula is C13H22N2O. The first-order valence-corrected chi connectivity index (χ1v) is 5.78. The molecule has 0 saturated heterocycles. The Morgan fingerprint density at radius 3 is 2.56 bits per heavy atom. The van der Waals surface area contributed by atoms with Crippen molar-refractivity contribution in [3.05, 3.63) is 23.4 Å². The first kappa shape index (κ1) is 13.0. The number of hydrogen-bond donors (Lipinski definition) is 1. The first-order valence-electron chi connectivity index (χ1n) is 5.78. The highest BCUT2D eigenvalue weighted by molar-refractivity contribution is 5.25. The first-order chi connectivity index (χ1) is 7.40. The second-order valence-corrected chi connectivity index (χ2v) is 4.95. The predicted octanol–water partition coefficient (Wildman–Crippen LogP) is 2.68. The third-order valence-electron chi connectivity index (χ3n) is 1.98. The van der Waals surface area contributed by atoms with Gasteiger partial charge in [-0.15, -0.1) is 0 Å². The Hall–Kier alpha value is -1.09. The zero-order chi connectivity index (χ0) is 12.2. The monoisotopic (exact) mass is 222 g/mol. The van der Waals surface area contributed by atoms with Gasteiger partial charge in [-0.3, -0.25) is 0 Å². The zero-order valence-corrected chi connectivity index (χ0v) is 10.9. The number of aryl methyl sites for hydroxylation is 1. The Kier molecular flexibility index (Phi) is 4.30. The molecule has 0 saturated carbocycles. The topological polar surface area (TPSA) is 34.2 Å². The summed E-state index contributed by atoms with van der Waals surface area (Å²) in [6, 6.07) is 4.08. The van der Waals surface area contributed by atoms with Gasteiger partial charge in [0.2, 0.25) is 5.88 Å². The Bertz CT molecular complexity index is 342. The summed E-state index contributed by atoms with van der Waals surface area (Å²) in [4.78, 5) is 4.38.